The molecule has 0 fully saturated rings. The maximum absolute atomic E-state index is 7.26. The molecule has 0 aromatic rings. The summed E-state index contributed by atoms with van der Waals surface area (Å²) in [5.74, 6) is 0. The molecule has 0 aromatic carbocycles. The molecule has 0 amide bonds. The molecule has 0 spiro atoms. The van der Waals surface area contributed by atoms with Crippen LogP contribution in [0.1, 0.15) is 0 Å². The Labute approximate surface area is 62.4 Å². The van der Waals surface area contributed by atoms with Crippen molar-refractivity contribution in [1.82, 2.24) is 0 Å². The van der Waals surface area contributed by atoms with Crippen molar-refractivity contribution in [3.8, 4) is 12.1 Å². The lowest BCUT2D eigenvalue weighted by Gasteiger charge is -1.61. The van der Waals surface area contributed by atoms with Gasteiger partial charge in [0.25, 0.3) is 0 Å². The van der Waals surface area contributed by atoms with Crippen LogP contribution in [0.25, 0.3) is 0 Å². The molecule has 0 saturated carbocycles. The summed E-state index contributed by atoms with van der Waals surface area (Å²) in [5, 5.41) is 14.5. The number of nitrogens with zero attached hydrogens (tertiary/aromatic N) is 2. The van der Waals surface area contributed by atoms with Gasteiger partial charge in [-0.05, 0) is 0 Å². The van der Waals surface area contributed by atoms with Crippen molar-refractivity contribution in [2.75, 3.05) is 0 Å². The SMILES string of the molecule is ClB(Cl)Cl.N#CC#N. The molecule has 6 heteroatoms. The Morgan fingerprint density at radius 3 is 1.12 bits per heavy atom. The third-order valence-electron chi connectivity index (χ3n) is 0.0500. The first kappa shape index (κ1) is 10.8. The van der Waals surface area contributed by atoms with E-state index >= 15 is 0 Å². The van der Waals surface area contributed by atoms with Crippen LogP contribution in [0.5, 0.6) is 0 Å². The highest BCUT2D eigenvalue weighted by Gasteiger charge is 1.91. The fraction of sp³-hybridized carbons (Fsp3) is 0. The largest absolute Gasteiger partial charge is 0.450 e. The summed E-state index contributed by atoms with van der Waals surface area (Å²) in [4.78, 5) is -0.750. The van der Waals surface area contributed by atoms with E-state index in [1.165, 1.54) is 12.1 Å². The van der Waals surface area contributed by atoms with Crippen LogP contribution in [0.2, 0.25) is 0 Å². The van der Waals surface area contributed by atoms with Crippen molar-refractivity contribution < 1.29 is 0 Å². The minimum absolute atomic E-state index is 0.750. The van der Waals surface area contributed by atoms with E-state index < -0.39 is 4.96 Å². The molecule has 42 valence electrons. The smallest absolute Gasteiger partial charge is 0.181 e. The van der Waals surface area contributed by atoms with Crippen LogP contribution in [0.4, 0.5) is 0 Å². The predicted molar refractivity (Wildman–Crippen MR) is 34.5 cm³/mol. The van der Waals surface area contributed by atoms with Crippen LogP contribution in [-0.4, -0.2) is 4.96 Å². The summed E-state index contributed by atoms with van der Waals surface area (Å²) in [5.41, 5.74) is 0. The fourth-order valence-corrected chi connectivity index (χ4v) is 0. The van der Waals surface area contributed by atoms with Crippen LogP contribution in [0.15, 0.2) is 0 Å². The highest BCUT2D eigenvalue weighted by molar-refractivity contribution is 7.54. The third kappa shape index (κ3) is 171. The van der Waals surface area contributed by atoms with Gasteiger partial charge in [-0.2, -0.15) is 44.9 Å². The molecular formula is C2BCl3N2. The van der Waals surface area contributed by atoms with E-state index in [0.29, 0.717) is 0 Å². The number of hydrogen-bond acceptors (Lipinski definition) is 2. The molecule has 0 saturated heterocycles. The Hall–Kier alpha value is -0.0851. The maximum atomic E-state index is 7.26. The standard InChI is InChI=1S/C2N2.BCl3/c3-1-2-4;2-1(3)4. The number of rotatable bonds is 0. The summed E-state index contributed by atoms with van der Waals surface area (Å²) >= 11 is 14.4. The summed E-state index contributed by atoms with van der Waals surface area (Å²) in [6.07, 6.45) is 0. The summed E-state index contributed by atoms with van der Waals surface area (Å²) < 4.78 is 0. The molecular weight excluding hydrogens is 169 g/mol. The van der Waals surface area contributed by atoms with Crippen LogP contribution in [-0.2, 0) is 0 Å². The van der Waals surface area contributed by atoms with E-state index in [0.717, 1.165) is 0 Å². The van der Waals surface area contributed by atoms with Gasteiger partial charge in [0.05, 0.1) is 0 Å². The Morgan fingerprint density at radius 2 is 1.12 bits per heavy atom. The van der Waals surface area contributed by atoms with Crippen molar-refractivity contribution in [1.29, 1.82) is 10.5 Å². The van der Waals surface area contributed by atoms with E-state index in [2.05, 4.69) is 0 Å². The Kier molecular flexibility index (Phi) is 13.5. The monoisotopic (exact) mass is 168 g/mol. The fourth-order valence-electron chi connectivity index (χ4n) is 0. The van der Waals surface area contributed by atoms with Crippen molar-refractivity contribution in [2.45, 2.75) is 0 Å². The average molecular weight is 169 g/mol. The summed E-state index contributed by atoms with van der Waals surface area (Å²) in [6, 6.07) is 2.47. The van der Waals surface area contributed by atoms with Gasteiger partial charge in [-0.3, -0.25) is 0 Å². The third-order valence-corrected chi connectivity index (χ3v) is 0.0500. The number of hydrogen-bond donors (Lipinski definition) is 0. The van der Waals surface area contributed by atoms with Crippen molar-refractivity contribution in [3.63, 3.8) is 0 Å². The first-order valence-electron chi connectivity index (χ1n) is 1.35. The van der Waals surface area contributed by atoms with E-state index in [4.69, 9.17) is 44.9 Å². The predicted octanol–water partition coefficient (Wildman–Crippen LogP) is 1.72. The van der Waals surface area contributed by atoms with Gasteiger partial charge in [0.1, 0.15) is 0 Å². The van der Waals surface area contributed by atoms with Gasteiger partial charge in [0.2, 0.25) is 0 Å². The molecule has 0 radical (unpaired) electrons. The van der Waals surface area contributed by atoms with E-state index in [1.54, 1.807) is 0 Å². The summed E-state index contributed by atoms with van der Waals surface area (Å²) in [6.45, 7) is 0. The molecule has 0 bridgehead atoms. The van der Waals surface area contributed by atoms with Crippen molar-refractivity contribution in [3.05, 3.63) is 0 Å². The molecule has 0 aliphatic heterocycles. The first-order chi connectivity index (χ1) is 3.65. The van der Waals surface area contributed by atoms with Crippen molar-refractivity contribution in [2.24, 2.45) is 0 Å². The zero-order valence-electron chi connectivity index (χ0n) is 3.61. The first-order valence-corrected chi connectivity index (χ1v) is 2.66. The highest BCUT2D eigenvalue weighted by atomic mass is 35.6. The lowest BCUT2D eigenvalue weighted by atomic mass is 10.7. The quantitative estimate of drug-likeness (QED) is 0.518. The zero-order chi connectivity index (χ0) is 6.99. The minimum atomic E-state index is -0.750. The molecule has 0 aliphatic carbocycles. The number of halogens is 3. The van der Waals surface area contributed by atoms with Crippen LogP contribution >= 0.6 is 34.4 Å². The van der Waals surface area contributed by atoms with Gasteiger partial charge in [-0.25, -0.2) is 0 Å². The van der Waals surface area contributed by atoms with Gasteiger partial charge in [0.15, 0.2) is 12.1 Å². The normalized spacial score (nSPS) is 4.62. The lowest BCUT2D eigenvalue weighted by Crippen LogP contribution is -1.66. The van der Waals surface area contributed by atoms with Crippen LogP contribution in [0, 0.1) is 22.7 Å². The second-order valence-electron chi connectivity index (χ2n) is 0.471. The number of nitriles is 2. The zero-order valence-corrected chi connectivity index (χ0v) is 5.87. The van der Waals surface area contributed by atoms with Gasteiger partial charge in [0, 0.05) is 0 Å². The topological polar surface area (TPSA) is 47.6 Å². The molecule has 8 heavy (non-hydrogen) atoms. The van der Waals surface area contributed by atoms with Crippen LogP contribution in [0.3, 0.4) is 0 Å². The van der Waals surface area contributed by atoms with Crippen LogP contribution < -0.4 is 0 Å². The van der Waals surface area contributed by atoms with Gasteiger partial charge in [-0.1, -0.05) is 0 Å². The van der Waals surface area contributed by atoms with Gasteiger partial charge < -0.3 is 0 Å². The van der Waals surface area contributed by atoms with E-state index in [-0.39, 0.29) is 0 Å². The summed E-state index contributed by atoms with van der Waals surface area (Å²) in [7, 11) is 0. The average Bonchev–Trinajstić information content (AvgIpc) is 1.65. The molecule has 2 nitrogen and oxygen atoms in total. The molecule has 0 rings (SSSR count). The molecule has 0 aromatic heterocycles. The minimum Gasteiger partial charge on any atom is -0.181 e. The second-order valence-corrected chi connectivity index (χ2v) is 2.45. The second kappa shape index (κ2) is 10.0. The van der Waals surface area contributed by atoms with Crippen molar-refractivity contribution >= 4 is 39.3 Å². The molecule has 0 atom stereocenters. The molecule has 0 unspecified atom stereocenters. The highest BCUT2D eigenvalue weighted by Crippen LogP contribution is 1.97. The Morgan fingerprint density at radius 1 is 1.00 bits per heavy atom. The van der Waals surface area contributed by atoms with Gasteiger partial charge in [-0.15, -0.1) is 0 Å². The Balaban J connectivity index is 0. The molecule has 0 N–H and O–H groups in total. The van der Waals surface area contributed by atoms with Gasteiger partial charge >= 0.3 is 4.96 Å². The lowest BCUT2D eigenvalue weighted by molar-refractivity contribution is 1.49. The molecule has 0 aliphatic rings. The maximum Gasteiger partial charge on any atom is 0.450 e. The Bertz CT molecular complexity index is 96.7. The van der Waals surface area contributed by atoms with E-state index in [9.17, 15) is 0 Å². The molecule has 0 heterocycles. The van der Waals surface area contributed by atoms with E-state index in [1.807, 2.05) is 0 Å².